The summed E-state index contributed by atoms with van der Waals surface area (Å²) in [5, 5.41) is 3.40. The maximum Gasteiger partial charge on any atom is 0.141 e. The molecule has 1 aliphatic heterocycles. The lowest BCUT2D eigenvalue weighted by Gasteiger charge is -2.26. The number of benzene rings is 3. The van der Waals surface area contributed by atoms with Gasteiger partial charge in [0.05, 0.1) is 11.0 Å². The molecule has 5 rings (SSSR count). The summed E-state index contributed by atoms with van der Waals surface area (Å²) in [5.41, 5.74) is 5.77. The number of ether oxygens (including phenoxy) is 1. The second-order valence-electron chi connectivity index (χ2n) is 8.97. The zero-order valence-corrected chi connectivity index (χ0v) is 20.0. The van der Waals surface area contributed by atoms with Crippen molar-refractivity contribution in [1.29, 1.82) is 0 Å². The van der Waals surface area contributed by atoms with E-state index in [1.165, 1.54) is 11.1 Å². The standard InChI is InChI=1S/C29H34N4O/c1-2-3-17-33-28-22-26(34-21-20-32-18-15-30-16-19-32)13-14-27(28)31-29(33)25-11-9-24(10-12-25)23-7-5-4-6-8-23/h4-14,22,30H,2-3,15-21H2,1H3. The molecule has 1 aliphatic rings. The van der Waals surface area contributed by atoms with Crippen LogP contribution in [0.1, 0.15) is 19.8 Å². The molecule has 0 unspecified atom stereocenters. The molecule has 5 nitrogen and oxygen atoms in total. The Labute approximate surface area is 202 Å². The molecule has 0 spiro atoms. The molecule has 176 valence electrons. The topological polar surface area (TPSA) is 42.3 Å². The highest BCUT2D eigenvalue weighted by atomic mass is 16.5. The largest absolute Gasteiger partial charge is 0.492 e. The second kappa shape index (κ2) is 10.9. The van der Waals surface area contributed by atoms with E-state index in [0.717, 1.165) is 80.3 Å². The smallest absolute Gasteiger partial charge is 0.141 e. The van der Waals surface area contributed by atoms with Gasteiger partial charge in [0.2, 0.25) is 0 Å². The summed E-state index contributed by atoms with van der Waals surface area (Å²) in [7, 11) is 0. The first-order chi connectivity index (χ1) is 16.8. The van der Waals surface area contributed by atoms with Crippen LogP contribution in [0.4, 0.5) is 0 Å². The van der Waals surface area contributed by atoms with Crippen molar-refractivity contribution in [3.8, 4) is 28.3 Å². The normalized spacial score (nSPS) is 14.5. The summed E-state index contributed by atoms with van der Waals surface area (Å²) in [4.78, 5) is 7.48. The van der Waals surface area contributed by atoms with Gasteiger partial charge in [-0.25, -0.2) is 4.98 Å². The van der Waals surface area contributed by atoms with Crippen molar-refractivity contribution in [2.45, 2.75) is 26.3 Å². The lowest BCUT2D eigenvalue weighted by atomic mass is 10.0. The van der Waals surface area contributed by atoms with E-state index in [4.69, 9.17) is 9.72 Å². The van der Waals surface area contributed by atoms with Crippen molar-refractivity contribution in [1.82, 2.24) is 19.8 Å². The minimum atomic E-state index is 0.711. The molecule has 0 radical (unpaired) electrons. The van der Waals surface area contributed by atoms with Gasteiger partial charge in [-0.1, -0.05) is 67.9 Å². The Morgan fingerprint density at radius 2 is 1.59 bits per heavy atom. The summed E-state index contributed by atoms with van der Waals surface area (Å²) in [6, 6.07) is 25.6. The number of aromatic nitrogens is 2. The molecule has 0 saturated carbocycles. The van der Waals surface area contributed by atoms with E-state index in [2.05, 4.69) is 94.5 Å². The molecule has 1 saturated heterocycles. The van der Waals surface area contributed by atoms with Gasteiger partial charge < -0.3 is 14.6 Å². The molecule has 34 heavy (non-hydrogen) atoms. The number of imidazole rings is 1. The van der Waals surface area contributed by atoms with Gasteiger partial charge in [-0.15, -0.1) is 0 Å². The monoisotopic (exact) mass is 454 g/mol. The molecular formula is C29H34N4O. The summed E-state index contributed by atoms with van der Waals surface area (Å²) in [6.45, 7) is 9.19. The zero-order chi connectivity index (χ0) is 23.2. The summed E-state index contributed by atoms with van der Waals surface area (Å²) < 4.78 is 8.51. The fourth-order valence-electron chi connectivity index (χ4n) is 4.62. The third-order valence-electron chi connectivity index (χ3n) is 6.59. The van der Waals surface area contributed by atoms with Crippen molar-refractivity contribution in [3.05, 3.63) is 72.8 Å². The number of hydrogen-bond acceptors (Lipinski definition) is 4. The number of hydrogen-bond donors (Lipinski definition) is 1. The van der Waals surface area contributed by atoms with Crippen LogP contribution in [0.3, 0.4) is 0 Å². The van der Waals surface area contributed by atoms with Gasteiger partial charge in [0.25, 0.3) is 0 Å². The Balaban J connectivity index is 1.38. The quantitative estimate of drug-likeness (QED) is 0.365. The van der Waals surface area contributed by atoms with Crippen LogP contribution in [-0.4, -0.2) is 53.8 Å². The Morgan fingerprint density at radius 3 is 2.35 bits per heavy atom. The predicted octanol–water partition coefficient (Wildman–Crippen LogP) is 5.45. The van der Waals surface area contributed by atoms with Gasteiger partial charge in [0.15, 0.2) is 0 Å². The molecule has 1 N–H and O–H groups in total. The number of nitrogens with one attached hydrogen (secondary N) is 1. The van der Waals surface area contributed by atoms with E-state index >= 15 is 0 Å². The molecular weight excluding hydrogens is 420 g/mol. The first-order valence-electron chi connectivity index (χ1n) is 12.5. The predicted molar refractivity (Wildman–Crippen MR) is 140 cm³/mol. The fraction of sp³-hybridized carbons (Fsp3) is 0.345. The number of unbranched alkanes of at least 4 members (excludes halogenated alkanes) is 1. The highest BCUT2D eigenvalue weighted by Gasteiger charge is 2.14. The van der Waals surface area contributed by atoms with Gasteiger partial charge in [0.1, 0.15) is 18.2 Å². The average molecular weight is 455 g/mol. The van der Waals surface area contributed by atoms with Gasteiger partial charge in [-0.05, 0) is 29.7 Å². The van der Waals surface area contributed by atoms with Crippen LogP contribution in [0, 0.1) is 0 Å². The summed E-state index contributed by atoms with van der Waals surface area (Å²) in [6.07, 6.45) is 2.27. The van der Waals surface area contributed by atoms with E-state index in [-0.39, 0.29) is 0 Å². The number of nitrogens with zero attached hydrogens (tertiary/aromatic N) is 3. The first kappa shape index (κ1) is 22.6. The van der Waals surface area contributed by atoms with E-state index in [1.54, 1.807) is 0 Å². The van der Waals surface area contributed by atoms with Gasteiger partial charge in [-0.2, -0.15) is 0 Å². The molecule has 0 atom stereocenters. The molecule has 0 aliphatic carbocycles. The average Bonchev–Trinajstić information content (AvgIpc) is 3.26. The fourth-order valence-corrected chi connectivity index (χ4v) is 4.62. The number of fused-ring (bicyclic) bond motifs is 1. The highest BCUT2D eigenvalue weighted by Crippen LogP contribution is 2.30. The minimum Gasteiger partial charge on any atom is -0.492 e. The van der Waals surface area contributed by atoms with Gasteiger partial charge >= 0.3 is 0 Å². The molecule has 0 bridgehead atoms. The van der Waals surface area contributed by atoms with Crippen molar-refractivity contribution >= 4 is 11.0 Å². The summed E-state index contributed by atoms with van der Waals surface area (Å²) >= 11 is 0. The van der Waals surface area contributed by atoms with Crippen LogP contribution in [0.25, 0.3) is 33.5 Å². The third kappa shape index (κ3) is 5.16. The summed E-state index contributed by atoms with van der Waals surface area (Å²) in [5.74, 6) is 1.95. The molecule has 0 amide bonds. The lowest BCUT2D eigenvalue weighted by molar-refractivity contribution is 0.191. The SMILES string of the molecule is CCCCn1c(-c2ccc(-c3ccccc3)cc2)nc2ccc(OCCN3CCNCC3)cc21. The highest BCUT2D eigenvalue weighted by molar-refractivity contribution is 5.82. The van der Waals surface area contributed by atoms with E-state index in [0.29, 0.717) is 6.61 Å². The van der Waals surface area contributed by atoms with Crippen LogP contribution in [0.2, 0.25) is 0 Å². The number of rotatable bonds is 9. The van der Waals surface area contributed by atoms with E-state index in [9.17, 15) is 0 Å². The van der Waals surface area contributed by atoms with Crippen molar-refractivity contribution in [2.75, 3.05) is 39.3 Å². The molecule has 1 aromatic heterocycles. The Bertz CT molecular complexity index is 1190. The van der Waals surface area contributed by atoms with Crippen LogP contribution in [-0.2, 0) is 6.54 Å². The van der Waals surface area contributed by atoms with E-state index in [1.807, 2.05) is 0 Å². The maximum absolute atomic E-state index is 6.15. The van der Waals surface area contributed by atoms with Crippen LogP contribution < -0.4 is 10.1 Å². The van der Waals surface area contributed by atoms with Crippen LogP contribution in [0.5, 0.6) is 5.75 Å². The Hall–Kier alpha value is -3.15. The Kier molecular flexibility index (Phi) is 7.22. The molecule has 5 heteroatoms. The molecule has 3 aromatic carbocycles. The molecule has 1 fully saturated rings. The number of piperazine rings is 1. The van der Waals surface area contributed by atoms with Crippen molar-refractivity contribution < 1.29 is 4.74 Å². The minimum absolute atomic E-state index is 0.711. The van der Waals surface area contributed by atoms with Gasteiger partial charge in [-0.3, -0.25) is 4.90 Å². The Morgan fingerprint density at radius 1 is 0.853 bits per heavy atom. The maximum atomic E-state index is 6.15. The molecule has 2 heterocycles. The van der Waals surface area contributed by atoms with Gasteiger partial charge in [0, 0.05) is 50.9 Å². The molecule has 4 aromatic rings. The van der Waals surface area contributed by atoms with Crippen LogP contribution >= 0.6 is 0 Å². The number of aryl methyl sites for hydroxylation is 1. The van der Waals surface area contributed by atoms with E-state index < -0.39 is 0 Å². The second-order valence-corrected chi connectivity index (χ2v) is 8.97. The van der Waals surface area contributed by atoms with Crippen LogP contribution in [0.15, 0.2) is 72.8 Å². The third-order valence-corrected chi connectivity index (χ3v) is 6.59. The van der Waals surface area contributed by atoms with Crippen molar-refractivity contribution in [2.24, 2.45) is 0 Å². The lowest BCUT2D eigenvalue weighted by Crippen LogP contribution is -2.44. The first-order valence-corrected chi connectivity index (χ1v) is 12.5. The zero-order valence-electron chi connectivity index (χ0n) is 20.0. The van der Waals surface area contributed by atoms with Crippen molar-refractivity contribution in [3.63, 3.8) is 0 Å².